The van der Waals surface area contributed by atoms with Crippen molar-refractivity contribution in [1.29, 1.82) is 0 Å². The zero-order chi connectivity index (χ0) is 24.2. The van der Waals surface area contributed by atoms with E-state index in [9.17, 15) is 19.9 Å². The van der Waals surface area contributed by atoms with Gasteiger partial charge in [-0.05, 0) is 17.0 Å². The Hall–Kier alpha value is -3.97. The molecule has 2 aromatic carbocycles. The van der Waals surface area contributed by atoms with E-state index in [1.165, 1.54) is 0 Å². The van der Waals surface area contributed by atoms with Gasteiger partial charge in [0.1, 0.15) is 11.4 Å². The van der Waals surface area contributed by atoms with Crippen molar-refractivity contribution in [3.8, 4) is 16.9 Å². The van der Waals surface area contributed by atoms with Crippen molar-refractivity contribution in [1.82, 2.24) is 0 Å². The van der Waals surface area contributed by atoms with Gasteiger partial charge in [-0.2, -0.15) is 0 Å². The number of nitrogen functional groups attached to an aromatic ring is 7. The van der Waals surface area contributed by atoms with E-state index in [0.717, 1.165) is 0 Å². The van der Waals surface area contributed by atoms with Crippen LogP contribution < -0.4 is 57.1 Å². The molecule has 21 N–H and O–H groups in total. The number of benzene rings is 2. The van der Waals surface area contributed by atoms with E-state index in [1.54, 1.807) is 0 Å². The predicted molar refractivity (Wildman–Crippen MR) is 122 cm³/mol. The SMILES string of the molecule is NC1=[C-]C(c2c(N)c(N)c(-c3c(N)c(N)c(O)c(N)c3N)c(NO)c2N)=C(N)C(=O)C1=O.[Np]. The van der Waals surface area contributed by atoms with Crippen LogP contribution in [0.2, 0.25) is 0 Å². The number of hydrogen-bond acceptors (Lipinski definition) is 14. The molecule has 0 amide bonds. The third kappa shape index (κ3) is 3.47. The van der Waals surface area contributed by atoms with Crippen LogP contribution in [-0.2, 0) is 9.59 Å². The second kappa shape index (κ2) is 8.52. The number of nitrogens with two attached hydrogens (primary N) is 9. The molecule has 173 valence electrons. The van der Waals surface area contributed by atoms with E-state index >= 15 is 0 Å². The zero-order valence-corrected chi connectivity index (χ0v) is 20.6. The van der Waals surface area contributed by atoms with Gasteiger partial charge in [0.05, 0.1) is 22.7 Å². The number of Topliss-reactive ketones (excluding diaryl/α,β-unsaturated/α-hetero) is 2. The number of aromatic hydroxyl groups is 1. The number of anilines is 8. The number of hydrogen-bond donors (Lipinski definition) is 12. The Morgan fingerprint density at radius 2 is 1.09 bits per heavy atom. The average molecular weight is 678 g/mol. The van der Waals surface area contributed by atoms with E-state index in [4.69, 9.17) is 51.6 Å². The van der Waals surface area contributed by atoms with Crippen LogP contribution in [0.4, 0.5) is 45.5 Å². The van der Waals surface area contributed by atoms with Crippen LogP contribution in [0, 0.1) is 36.0 Å². The van der Waals surface area contributed by atoms with Gasteiger partial charge in [-0.15, -0.1) is 11.6 Å². The number of carbonyl (C=O) groups is 2. The molecule has 1 aliphatic carbocycles. The molecule has 0 aliphatic heterocycles. The second-order valence-electron chi connectivity index (χ2n) is 6.84. The van der Waals surface area contributed by atoms with E-state index < -0.39 is 28.7 Å². The largest absolute Gasteiger partial charge is 0.504 e. The van der Waals surface area contributed by atoms with E-state index in [-0.39, 0.29) is 97.7 Å². The Balaban J connectivity index is 0.00000385. The average Bonchev–Trinajstić information content (AvgIpc) is 2.76. The fourth-order valence-electron chi connectivity index (χ4n) is 3.35. The second-order valence-corrected chi connectivity index (χ2v) is 6.84. The Labute approximate surface area is 209 Å². The number of phenols is 1. The summed E-state index contributed by atoms with van der Waals surface area (Å²) in [6, 6.07) is 0. The Kier molecular flexibility index (Phi) is 6.53. The molecule has 14 nitrogen and oxygen atoms in total. The van der Waals surface area contributed by atoms with Gasteiger partial charge < -0.3 is 66.3 Å². The maximum atomic E-state index is 12.1. The molecule has 1 aliphatic rings. The molecular formula is C18H21N10NpO4-. The summed E-state index contributed by atoms with van der Waals surface area (Å²) in [6.45, 7) is 0. The molecule has 15 heteroatoms. The van der Waals surface area contributed by atoms with Gasteiger partial charge in [0.25, 0.3) is 0 Å². The molecule has 33 heavy (non-hydrogen) atoms. The summed E-state index contributed by atoms with van der Waals surface area (Å²) in [4.78, 5) is 23.9. The Bertz CT molecular complexity index is 1270. The first kappa shape index (κ1) is 25.3. The molecule has 0 saturated carbocycles. The summed E-state index contributed by atoms with van der Waals surface area (Å²) >= 11 is 0. The minimum atomic E-state index is -1.09. The van der Waals surface area contributed by atoms with Crippen molar-refractivity contribution in [2.24, 2.45) is 11.5 Å². The van der Waals surface area contributed by atoms with Crippen LogP contribution in [-0.4, -0.2) is 21.9 Å². The Morgan fingerprint density at radius 1 is 0.636 bits per heavy atom. The number of rotatable bonds is 3. The topological polar surface area (TPSA) is 321 Å². The minimum absolute atomic E-state index is 0. The molecule has 0 bridgehead atoms. The normalized spacial score (nSPS) is 13.5. The zero-order valence-electron chi connectivity index (χ0n) is 16.9. The fraction of sp³-hybridized carbons (Fsp3) is 0. The Morgan fingerprint density at radius 3 is 1.58 bits per heavy atom. The summed E-state index contributed by atoms with van der Waals surface area (Å²) in [7, 11) is 0. The molecule has 0 heterocycles. The number of ketones is 2. The number of phenolic OH excluding ortho intramolecular Hbond substituents is 1. The van der Waals surface area contributed by atoms with E-state index in [2.05, 4.69) is 6.08 Å². The van der Waals surface area contributed by atoms with Crippen LogP contribution in [0.5, 0.6) is 5.75 Å². The number of allylic oxidation sites excluding steroid dienone is 4. The summed E-state index contributed by atoms with van der Waals surface area (Å²) in [5, 5.41) is 19.8. The summed E-state index contributed by atoms with van der Waals surface area (Å²) in [5.41, 5.74) is 51.8. The van der Waals surface area contributed by atoms with Gasteiger partial charge in [0, 0.05) is 52.4 Å². The first-order chi connectivity index (χ1) is 14.9. The summed E-state index contributed by atoms with van der Waals surface area (Å²) in [6.07, 6.45) is 2.46. The number of carbonyl (C=O) groups excluding carboxylic acids is 2. The van der Waals surface area contributed by atoms with Crippen molar-refractivity contribution in [2.45, 2.75) is 0 Å². The molecule has 0 fully saturated rings. The van der Waals surface area contributed by atoms with Gasteiger partial charge in [-0.25, -0.2) is 0 Å². The van der Waals surface area contributed by atoms with Crippen LogP contribution in [0.3, 0.4) is 0 Å². The first-order valence-corrected chi connectivity index (χ1v) is 8.70. The third-order valence-electron chi connectivity index (χ3n) is 5.08. The van der Waals surface area contributed by atoms with Crippen LogP contribution >= 0.6 is 0 Å². The molecule has 0 unspecified atom stereocenters. The van der Waals surface area contributed by atoms with Gasteiger partial charge in [0.15, 0.2) is 17.3 Å². The molecule has 3 rings (SSSR count). The summed E-state index contributed by atoms with van der Waals surface area (Å²) in [5.74, 6) is -2.69. The first-order valence-electron chi connectivity index (χ1n) is 8.70. The number of nitrogens with one attached hydrogen (secondary N) is 1. The van der Waals surface area contributed by atoms with Gasteiger partial charge >= 0.3 is 0 Å². The molecule has 0 aromatic heterocycles. The van der Waals surface area contributed by atoms with E-state index in [1.807, 2.05) is 5.48 Å². The fourth-order valence-corrected chi connectivity index (χ4v) is 3.35. The minimum Gasteiger partial charge on any atom is -0.504 e. The maximum absolute atomic E-state index is 12.1. The van der Waals surface area contributed by atoms with Crippen molar-refractivity contribution in [3.63, 3.8) is 0 Å². The van der Waals surface area contributed by atoms with Gasteiger partial charge in [0.2, 0.25) is 0 Å². The van der Waals surface area contributed by atoms with Crippen molar-refractivity contribution < 1.29 is 49.8 Å². The quantitative estimate of drug-likeness (QED) is 0.0435. The summed E-state index contributed by atoms with van der Waals surface area (Å²) < 4.78 is 0. The van der Waals surface area contributed by atoms with Crippen LogP contribution in [0.1, 0.15) is 5.56 Å². The van der Waals surface area contributed by atoms with Crippen LogP contribution in [0.15, 0.2) is 11.4 Å². The molecular weight excluding hydrogens is 657 g/mol. The standard InChI is InChI=1S/C18H21N10O4.Np/c19-3-1-2(7(20)18(31)16(3)29)4-8(21)11(24)6(15(28-32)12(4)25)5-9(22)13(26)17(30)14(27)10(5)23;/h28,30,32H,19-27H2;/q-1;. The molecule has 0 atom stereocenters. The van der Waals surface area contributed by atoms with E-state index in [0.29, 0.717) is 0 Å². The molecule has 0 spiro atoms. The maximum Gasteiger partial charge on any atom is 0.168 e. The molecule has 0 saturated heterocycles. The monoisotopic (exact) mass is 677 g/mol. The molecule has 1 radical (unpaired) electrons. The van der Waals surface area contributed by atoms with Crippen molar-refractivity contribution in [3.05, 3.63) is 23.0 Å². The van der Waals surface area contributed by atoms with Crippen molar-refractivity contribution in [2.75, 3.05) is 45.6 Å². The smallest absolute Gasteiger partial charge is 0.168 e. The predicted octanol–water partition coefficient (Wildman–Crippen LogP) is -1.60. The molecule has 2 aromatic rings. The van der Waals surface area contributed by atoms with Gasteiger partial charge in [-0.1, -0.05) is 0 Å². The van der Waals surface area contributed by atoms with Crippen LogP contribution in [0.25, 0.3) is 16.7 Å². The van der Waals surface area contributed by atoms with Gasteiger partial charge in [-0.3, -0.25) is 10.7 Å². The van der Waals surface area contributed by atoms with Crippen molar-refractivity contribution >= 4 is 62.6 Å². The third-order valence-corrected chi connectivity index (χ3v) is 5.08.